The minimum atomic E-state index is -1.12. The van der Waals surface area contributed by atoms with E-state index >= 15 is 0 Å². The van der Waals surface area contributed by atoms with Gasteiger partial charge in [0.05, 0.1) is 10.0 Å². The number of halogens is 2. The van der Waals surface area contributed by atoms with E-state index in [-0.39, 0.29) is 10.9 Å². The summed E-state index contributed by atoms with van der Waals surface area (Å²) >= 11 is 12.0. The third-order valence-electron chi connectivity index (χ3n) is 2.97. The van der Waals surface area contributed by atoms with Crippen molar-refractivity contribution in [2.24, 2.45) is 0 Å². The molecule has 0 saturated heterocycles. The molecule has 0 aliphatic rings. The average molecular weight is 321 g/mol. The average Bonchev–Trinajstić information content (AvgIpc) is 3.00. The van der Waals surface area contributed by atoms with E-state index in [1.165, 1.54) is 0 Å². The van der Waals surface area contributed by atoms with Crippen molar-refractivity contribution in [3.05, 3.63) is 70.0 Å². The minimum Gasteiger partial charge on any atom is -0.417 e. The van der Waals surface area contributed by atoms with Crippen molar-refractivity contribution in [2.75, 3.05) is 0 Å². The lowest BCUT2D eigenvalue weighted by atomic mass is 10.1. The second-order valence-corrected chi connectivity index (χ2v) is 5.14. The van der Waals surface area contributed by atoms with Crippen LogP contribution in [0, 0.1) is 0 Å². The molecular weight excluding hydrogens is 311 g/mol. The molecule has 3 aromatic rings. The molecule has 6 heteroatoms. The highest BCUT2D eigenvalue weighted by molar-refractivity contribution is 6.42. The first kappa shape index (κ1) is 14.1. The molecule has 0 saturated carbocycles. The molecule has 1 N–H and O–H groups in total. The Morgan fingerprint density at radius 3 is 2.48 bits per heavy atom. The molecule has 0 fully saturated rings. The molecule has 0 aliphatic carbocycles. The third kappa shape index (κ3) is 2.78. The van der Waals surface area contributed by atoms with Crippen LogP contribution in [0.2, 0.25) is 10.0 Å². The Labute approximate surface area is 131 Å². The highest BCUT2D eigenvalue weighted by Crippen LogP contribution is 2.33. The number of hydrogen-bond acceptors (Lipinski definition) is 4. The first-order valence-corrected chi connectivity index (χ1v) is 6.93. The van der Waals surface area contributed by atoms with Gasteiger partial charge in [0.15, 0.2) is 6.10 Å². The quantitative estimate of drug-likeness (QED) is 0.788. The highest BCUT2D eigenvalue weighted by atomic mass is 35.5. The van der Waals surface area contributed by atoms with E-state index < -0.39 is 6.10 Å². The van der Waals surface area contributed by atoms with E-state index in [4.69, 9.17) is 27.6 Å². The smallest absolute Gasteiger partial charge is 0.249 e. The fraction of sp³-hybridized carbons (Fsp3) is 0.0667. The second kappa shape index (κ2) is 5.85. The van der Waals surface area contributed by atoms with Crippen molar-refractivity contribution in [1.82, 2.24) is 10.2 Å². The Bertz CT molecular complexity index is 759. The van der Waals surface area contributed by atoms with Crippen LogP contribution in [0.1, 0.15) is 17.6 Å². The molecule has 0 spiro atoms. The predicted octanol–water partition coefficient (Wildman–Crippen LogP) is 4.13. The lowest BCUT2D eigenvalue weighted by molar-refractivity contribution is 0.183. The van der Waals surface area contributed by atoms with Crippen molar-refractivity contribution in [2.45, 2.75) is 6.10 Å². The third-order valence-corrected chi connectivity index (χ3v) is 3.80. The van der Waals surface area contributed by atoms with Gasteiger partial charge in [0.2, 0.25) is 11.8 Å². The predicted molar refractivity (Wildman–Crippen MR) is 80.3 cm³/mol. The van der Waals surface area contributed by atoms with E-state index in [1.807, 2.05) is 30.3 Å². The van der Waals surface area contributed by atoms with Crippen LogP contribution in [0.3, 0.4) is 0 Å². The van der Waals surface area contributed by atoms with Gasteiger partial charge >= 0.3 is 0 Å². The Morgan fingerprint density at radius 1 is 0.952 bits per heavy atom. The van der Waals surface area contributed by atoms with E-state index in [0.29, 0.717) is 16.5 Å². The molecule has 1 aromatic heterocycles. The molecule has 106 valence electrons. The van der Waals surface area contributed by atoms with Crippen molar-refractivity contribution >= 4 is 23.2 Å². The molecule has 0 amide bonds. The van der Waals surface area contributed by atoms with Crippen LogP contribution >= 0.6 is 23.2 Å². The van der Waals surface area contributed by atoms with Crippen molar-refractivity contribution in [3.63, 3.8) is 0 Å². The molecule has 3 rings (SSSR count). The first-order valence-electron chi connectivity index (χ1n) is 6.17. The molecule has 2 aromatic carbocycles. The number of aliphatic hydroxyl groups is 1. The molecular formula is C15H10Cl2N2O2. The molecule has 1 heterocycles. The monoisotopic (exact) mass is 320 g/mol. The molecule has 0 radical (unpaired) electrons. The van der Waals surface area contributed by atoms with E-state index in [2.05, 4.69) is 10.2 Å². The van der Waals surface area contributed by atoms with Gasteiger partial charge in [-0.1, -0.05) is 53.5 Å². The molecule has 0 unspecified atom stereocenters. The summed E-state index contributed by atoms with van der Waals surface area (Å²) in [4.78, 5) is 0. The molecule has 0 aliphatic heterocycles. The zero-order valence-corrected chi connectivity index (χ0v) is 12.2. The number of rotatable bonds is 3. The van der Waals surface area contributed by atoms with Crippen LogP contribution in [0.4, 0.5) is 0 Å². The maximum atomic E-state index is 10.3. The zero-order chi connectivity index (χ0) is 14.8. The molecule has 21 heavy (non-hydrogen) atoms. The van der Waals surface area contributed by atoms with Gasteiger partial charge in [-0.25, -0.2) is 0 Å². The maximum Gasteiger partial charge on any atom is 0.249 e. The van der Waals surface area contributed by atoms with Gasteiger partial charge in [-0.3, -0.25) is 0 Å². The Balaban J connectivity index is 1.95. The van der Waals surface area contributed by atoms with Crippen LogP contribution in [0.25, 0.3) is 11.5 Å². The SMILES string of the molecule is O[C@@H](c1nnc(-c2ccccc2)o1)c1cccc(Cl)c1Cl. The highest BCUT2D eigenvalue weighted by Gasteiger charge is 2.21. The van der Waals surface area contributed by atoms with Gasteiger partial charge in [0.25, 0.3) is 0 Å². The number of aliphatic hydroxyl groups excluding tert-OH is 1. The van der Waals surface area contributed by atoms with Crippen LogP contribution in [-0.4, -0.2) is 15.3 Å². The van der Waals surface area contributed by atoms with E-state index in [9.17, 15) is 5.11 Å². The van der Waals surface area contributed by atoms with Crippen LogP contribution in [0.15, 0.2) is 52.9 Å². The fourth-order valence-corrected chi connectivity index (χ4v) is 2.32. The van der Waals surface area contributed by atoms with Gasteiger partial charge < -0.3 is 9.52 Å². The van der Waals surface area contributed by atoms with Gasteiger partial charge in [-0.05, 0) is 18.2 Å². The molecule has 0 bridgehead atoms. The summed E-state index contributed by atoms with van der Waals surface area (Å²) < 4.78 is 5.51. The minimum absolute atomic E-state index is 0.0676. The van der Waals surface area contributed by atoms with Crippen LogP contribution in [-0.2, 0) is 0 Å². The summed E-state index contributed by atoms with van der Waals surface area (Å²) in [5.74, 6) is 0.404. The summed E-state index contributed by atoms with van der Waals surface area (Å²) in [7, 11) is 0. The molecule has 1 atom stereocenters. The summed E-state index contributed by atoms with van der Waals surface area (Å²) in [6.07, 6.45) is -1.12. The Hall–Kier alpha value is -1.88. The van der Waals surface area contributed by atoms with Crippen LogP contribution in [0.5, 0.6) is 0 Å². The summed E-state index contributed by atoms with van der Waals surface area (Å²) in [6.45, 7) is 0. The van der Waals surface area contributed by atoms with Gasteiger partial charge in [0, 0.05) is 11.1 Å². The maximum absolute atomic E-state index is 10.3. The summed E-state index contributed by atoms with van der Waals surface area (Å²) in [5.41, 5.74) is 1.20. The van der Waals surface area contributed by atoms with Gasteiger partial charge in [-0.15, -0.1) is 10.2 Å². The Morgan fingerprint density at radius 2 is 1.71 bits per heavy atom. The van der Waals surface area contributed by atoms with Crippen molar-refractivity contribution in [3.8, 4) is 11.5 Å². The summed E-state index contributed by atoms with van der Waals surface area (Å²) in [5, 5.41) is 18.7. The largest absolute Gasteiger partial charge is 0.417 e. The van der Waals surface area contributed by atoms with E-state index in [0.717, 1.165) is 5.56 Å². The second-order valence-electron chi connectivity index (χ2n) is 4.36. The number of hydrogen-bond donors (Lipinski definition) is 1. The van der Waals surface area contributed by atoms with Gasteiger partial charge in [-0.2, -0.15) is 0 Å². The summed E-state index contributed by atoms with van der Waals surface area (Å²) in [6, 6.07) is 14.3. The lowest BCUT2D eigenvalue weighted by Gasteiger charge is -2.09. The number of benzene rings is 2. The topological polar surface area (TPSA) is 59.2 Å². The Kier molecular flexibility index (Phi) is 3.92. The van der Waals surface area contributed by atoms with E-state index in [1.54, 1.807) is 18.2 Å². The fourth-order valence-electron chi connectivity index (χ4n) is 1.91. The molecule has 4 nitrogen and oxygen atoms in total. The zero-order valence-electron chi connectivity index (χ0n) is 10.7. The number of nitrogens with zero attached hydrogens (tertiary/aromatic N) is 2. The van der Waals surface area contributed by atoms with Crippen molar-refractivity contribution in [1.29, 1.82) is 0 Å². The van der Waals surface area contributed by atoms with Crippen LogP contribution < -0.4 is 0 Å². The standard InChI is InChI=1S/C15H10Cl2N2O2/c16-11-8-4-7-10(12(11)17)13(20)15-19-18-14(21-15)9-5-2-1-3-6-9/h1-8,13,20H/t13-/m1/s1. The first-order chi connectivity index (χ1) is 10.2. The van der Waals surface area contributed by atoms with Crippen molar-refractivity contribution < 1.29 is 9.52 Å². The lowest BCUT2D eigenvalue weighted by Crippen LogP contribution is -2.01. The van der Waals surface area contributed by atoms with Gasteiger partial charge in [0.1, 0.15) is 0 Å². The normalized spacial score (nSPS) is 12.3. The number of aromatic nitrogens is 2.